The van der Waals surface area contributed by atoms with Gasteiger partial charge in [0, 0.05) is 38.0 Å². The van der Waals surface area contributed by atoms with Gasteiger partial charge < -0.3 is 15.7 Å². The quantitative estimate of drug-likeness (QED) is 0.635. The number of aliphatic hydroxyl groups is 1. The largest absolute Gasteiger partial charge is 0.369 e. The van der Waals surface area contributed by atoms with Crippen LogP contribution in [0.1, 0.15) is 22.5 Å². The Labute approximate surface area is 173 Å². The van der Waals surface area contributed by atoms with Crippen LogP contribution in [0, 0.1) is 11.8 Å². The van der Waals surface area contributed by atoms with E-state index in [2.05, 4.69) is 21.9 Å². The van der Waals surface area contributed by atoms with Crippen molar-refractivity contribution in [1.82, 2.24) is 19.7 Å². The molecule has 30 heavy (non-hydrogen) atoms. The Balaban J connectivity index is 1.70. The average molecular weight is 401 g/mol. The Hall–Kier alpha value is -3.96. The summed E-state index contributed by atoms with van der Waals surface area (Å²) >= 11 is 0. The van der Waals surface area contributed by atoms with Crippen LogP contribution in [-0.2, 0) is 4.79 Å². The van der Waals surface area contributed by atoms with E-state index in [0.29, 0.717) is 29.1 Å². The SMILES string of the molecule is CN1CC[C@@](O)(C#Cc2cccc(-n3cc(-c4ccccn4)c(C(N)=O)n3)c2)C1=O. The molecular weight excluding hydrogens is 382 g/mol. The van der Waals surface area contributed by atoms with Gasteiger partial charge in [0.2, 0.25) is 5.60 Å². The molecule has 1 aliphatic heterocycles. The van der Waals surface area contributed by atoms with E-state index in [0.717, 1.165) is 0 Å². The van der Waals surface area contributed by atoms with Gasteiger partial charge in [-0.2, -0.15) is 5.10 Å². The van der Waals surface area contributed by atoms with Gasteiger partial charge >= 0.3 is 0 Å². The molecule has 3 N–H and O–H groups in total. The molecular formula is C22H19N5O3. The third-order valence-electron chi connectivity index (χ3n) is 4.92. The second-order valence-corrected chi connectivity index (χ2v) is 7.05. The predicted octanol–water partition coefficient (Wildman–Crippen LogP) is 0.978. The van der Waals surface area contributed by atoms with Gasteiger partial charge in [0.1, 0.15) is 0 Å². The van der Waals surface area contributed by atoms with Gasteiger partial charge in [-0.05, 0) is 30.3 Å². The minimum atomic E-state index is -1.66. The molecule has 3 heterocycles. The number of primary amides is 1. The fraction of sp³-hybridized carbons (Fsp3) is 0.182. The van der Waals surface area contributed by atoms with Gasteiger partial charge in [-0.3, -0.25) is 14.6 Å². The van der Waals surface area contributed by atoms with E-state index in [1.165, 1.54) is 9.58 Å². The van der Waals surface area contributed by atoms with E-state index in [1.54, 1.807) is 55.8 Å². The third-order valence-corrected chi connectivity index (χ3v) is 4.92. The fourth-order valence-electron chi connectivity index (χ4n) is 3.27. The lowest BCUT2D eigenvalue weighted by Crippen LogP contribution is -2.37. The molecule has 0 aliphatic carbocycles. The highest BCUT2D eigenvalue weighted by Crippen LogP contribution is 2.23. The van der Waals surface area contributed by atoms with Crippen molar-refractivity contribution < 1.29 is 14.7 Å². The molecule has 0 bridgehead atoms. The maximum absolute atomic E-state index is 12.1. The first-order valence-electron chi connectivity index (χ1n) is 9.30. The van der Waals surface area contributed by atoms with E-state index in [1.807, 2.05) is 6.07 Å². The lowest BCUT2D eigenvalue weighted by molar-refractivity contribution is -0.137. The second-order valence-electron chi connectivity index (χ2n) is 7.05. The molecule has 8 heteroatoms. The van der Waals surface area contributed by atoms with Crippen LogP contribution < -0.4 is 5.73 Å². The Morgan fingerprint density at radius 1 is 1.27 bits per heavy atom. The molecule has 4 rings (SSSR count). The number of carbonyl (C=O) groups excluding carboxylic acids is 2. The molecule has 0 saturated carbocycles. The molecule has 0 radical (unpaired) electrons. The summed E-state index contributed by atoms with van der Waals surface area (Å²) in [7, 11) is 1.63. The molecule has 0 spiro atoms. The molecule has 1 aliphatic rings. The summed E-state index contributed by atoms with van der Waals surface area (Å²) in [6, 6.07) is 12.5. The number of hydrogen-bond donors (Lipinski definition) is 2. The maximum Gasteiger partial charge on any atom is 0.269 e. The number of hydrogen-bond acceptors (Lipinski definition) is 5. The van der Waals surface area contributed by atoms with Crippen molar-refractivity contribution in [2.24, 2.45) is 5.73 Å². The van der Waals surface area contributed by atoms with Crippen molar-refractivity contribution in [3.05, 3.63) is 66.1 Å². The van der Waals surface area contributed by atoms with Crippen LogP contribution in [0.2, 0.25) is 0 Å². The molecule has 150 valence electrons. The summed E-state index contributed by atoms with van der Waals surface area (Å²) in [5, 5.41) is 14.8. The van der Waals surface area contributed by atoms with Crippen molar-refractivity contribution >= 4 is 11.8 Å². The molecule has 3 aromatic rings. The van der Waals surface area contributed by atoms with Gasteiger partial charge in [0.05, 0.1) is 16.9 Å². The number of benzene rings is 1. The number of nitrogens with zero attached hydrogens (tertiary/aromatic N) is 4. The van der Waals surface area contributed by atoms with Crippen molar-refractivity contribution in [2.45, 2.75) is 12.0 Å². The van der Waals surface area contributed by atoms with Crippen LogP contribution >= 0.6 is 0 Å². The molecule has 1 aromatic carbocycles. The zero-order valence-corrected chi connectivity index (χ0v) is 16.2. The summed E-state index contributed by atoms with van der Waals surface area (Å²) in [4.78, 5) is 29.7. The zero-order chi connectivity index (χ0) is 21.3. The predicted molar refractivity (Wildman–Crippen MR) is 109 cm³/mol. The van der Waals surface area contributed by atoms with Gasteiger partial charge in [-0.25, -0.2) is 4.68 Å². The van der Waals surface area contributed by atoms with Crippen molar-refractivity contribution in [3.8, 4) is 28.8 Å². The molecule has 1 saturated heterocycles. The lowest BCUT2D eigenvalue weighted by atomic mass is 10.0. The number of nitrogens with two attached hydrogens (primary N) is 1. The van der Waals surface area contributed by atoms with E-state index < -0.39 is 17.4 Å². The van der Waals surface area contributed by atoms with Gasteiger partial charge in [-0.1, -0.05) is 24.0 Å². The number of likely N-dealkylation sites (tertiary alicyclic amines) is 1. The molecule has 2 aromatic heterocycles. The molecule has 2 amide bonds. The lowest BCUT2D eigenvalue weighted by Gasteiger charge is -2.13. The topological polar surface area (TPSA) is 114 Å². The monoisotopic (exact) mass is 401 g/mol. The Kier molecular flexibility index (Phi) is 4.82. The first-order chi connectivity index (χ1) is 14.4. The number of likely N-dealkylation sites (N-methyl/N-ethyl adjacent to an activating group) is 1. The minimum Gasteiger partial charge on any atom is -0.369 e. The minimum absolute atomic E-state index is 0.110. The van der Waals surface area contributed by atoms with Gasteiger partial charge in [0.15, 0.2) is 5.69 Å². The molecule has 1 atom stereocenters. The third kappa shape index (κ3) is 3.54. The summed E-state index contributed by atoms with van der Waals surface area (Å²) in [5.74, 6) is 4.51. The highest BCUT2D eigenvalue weighted by atomic mass is 16.3. The molecule has 1 fully saturated rings. The van der Waals surface area contributed by atoms with E-state index >= 15 is 0 Å². The van der Waals surface area contributed by atoms with E-state index in [4.69, 9.17) is 5.73 Å². The number of aromatic nitrogens is 3. The first kappa shape index (κ1) is 19.4. The Morgan fingerprint density at radius 2 is 2.10 bits per heavy atom. The summed E-state index contributed by atoms with van der Waals surface area (Å²) in [6.07, 6.45) is 3.57. The van der Waals surface area contributed by atoms with Crippen LogP contribution in [0.15, 0.2) is 54.9 Å². The van der Waals surface area contributed by atoms with Crippen LogP contribution in [0.4, 0.5) is 0 Å². The van der Waals surface area contributed by atoms with Crippen LogP contribution in [0.5, 0.6) is 0 Å². The summed E-state index contributed by atoms with van der Waals surface area (Å²) in [5.41, 5.74) is 6.29. The normalized spacial score (nSPS) is 18.2. The van der Waals surface area contributed by atoms with Crippen LogP contribution in [0.25, 0.3) is 16.9 Å². The second kappa shape index (κ2) is 7.46. The van der Waals surface area contributed by atoms with Crippen LogP contribution in [0.3, 0.4) is 0 Å². The number of carbonyl (C=O) groups is 2. The van der Waals surface area contributed by atoms with E-state index in [-0.39, 0.29) is 12.1 Å². The van der Waals surface area contributed by atoms with Crippen LogP contribution in [-0.4, -0.2) is 55.8 Å². The highest BCUT2D eigenvalue weighted by molar-refractivity contribution is 5.97. The Bertz CT molecular complexity index is 1190. The average Bonchev–Trinajstić information content (AvgIpc) is 3.32. The maximum atomic E-state index is 12.1. The standard InChI is InChI=1S/C22H19N5O3/c1-26-12-10-22(30,21(26)29)9-8-15-5-4-6-16(13-15)27-14-17(19(25-27)20(23)28)18-7-2-3-11-24-18/h2-7,11,13-14,30H,10,12H2,1H3,(H2,23,28)/t22-/m0/s1. The van der Waals surface area contributed by atoms with Crippen molar-refractivity contribution in [2.75, 3.05) is 13.6 Å². The number of amides is 2. The number of rotatable bonds is 3. The zero-order valence-electron chi connectivity index (χ0n) is 16.2. The van der Waals surface area contributed by atoms with Crippen molar-refractivity contribution in [1.29, 1.82) is 0 Å². The first-order valence-corrected chi connectivity index (χ1v) is 9.30. The van der Waals surface area contributed by atoms with E-state index in [9.17, 15) is 14.7 Å². The number of pyridine rings is 1. The fourth-order valence-corrected chi connectivity index (χ4v) is 3.27. The summed E-state index contributed by atoms with van der Waals surface area (Å²) in [6.45, 7) is 0.462. The summed E-state index contributed by atoms with van der Waals surface area (Å²) < 4.78 is 1.53. The smallest absolute Gasteiger partial charge is 0.269 e. The molecule has 8 nitrogen and oxygen atoms in total. The van der Waals surface area contributed by atoms with Crippen molar-refractivity contribution in [3.63, 3.8) is 0 Å². The molecule has 0 unspecified atom stereocenters. The van der Waals surface area contributed by atoms with Gasteiger partial charge in [0.25, 0.3) is 11.8 Å². The Morgan fingerprint density at radius 3 is 2.77 bits per heavy atom. The highest BCUT2D eigenvalue weighted by Gasteiger charge is 2.42. The van der Waals surface area contributed by atoms with Gasteiger partial charge in [-0.15, -0.1) is 0 Å².